The molecule has 2 aromatic rings. The summed E-state index contributed by atoms with van der Waals surface area (Å²) in [4.78, 5) is 4.44. The number of rotatable bonds is 4. The van der Waals surface area contributed by atoms with Gasteiger partial charge in [-0.05, 0) is 55.8 Å². The quantitative estimate of drug-likeness (QED) is 0.888. The maximum absolute atomic E-state index is 4.44. The molecule has 1 fully saturated rings. The van der Waals surface area contributed by atoms with Gasteiger partial charge in [0.1, 0.15) is 5.82 Å². The second-order valence-electron chi connectivity index (χ2n) is 4.92. The van der Waals surface area contributed by atoms with E-state index in [1.165, 1.54) is 42.4 Å². The standard InChI is InChI=1S/C14H19N3S/c1-2-11(10-15-6-1)3-7-16-14-12-5-9-18-13(12)4-8-17-14/h4-5,8-9,11,15H,1-3,6-7,10H2,(H,16,17). The van der Waals surface area contributed by atoms with Crippen molar-refractivity contribution >= 4 is 27.2 Å². The van der Waals surface area contributed by atoms with Crippen molar-refractivity contribution in [3.63, 3.8) is 0 Å². The average molecular weight is 261 g/mol. The van der Waals surface area contributed by atoms with Gasteiger partial charge in [0.05, 0.1) is 0 Å². The van der Waals surface area contributed by atoms with E-state index in [2.05, 4.69) is 33.1 Å². The zero-order valence-electron chi connectivity index (χ0n) is 10.5. The summed E-state index contributed by atoms with van der Waals surface area (Å²) >= 11 is 1.77. The summed E-state index contributed by atoms with van der Waals surface area (Å²) in [6.45, 7) is 3.39. The van der Waals surface area contributed by atoms with E-state index in [9.17, 15) is 0 Å². The van der Waals surface area contributed by atoms with Crippen LogP contribution in [0.4, 0.5) is 5.82 Å². The lowest BCUT2D eigenvalue weighted by molar-refractivity contribution is 0.364. The molecule has 2 aromatic heterocycles. The molecule has 0 bridgehead atoms. The lowest BCUT2D eigenvalue weighted by Crippen LogP contribution is -2.30. The van der Waals surface area contributed by atoms with Crippen LogP contribution in [-0.2, 0) is 0 Å². The number of nitrogens with one attached hydrogen (secondary N) is 2. The Hall–Kier alpha value is -1.13. The van der Waals surface area contributed by atoms with Crippen molar-refractivity contribution in [2.45, 2.75) is 19.3 Å². The second kappa shape index (κ2) is 5.67. The molecule has 3 heterocycles. The molecule has 3 rings (SSSR count). The van der Waals surface area contributed by atoms with Crippen LogP contribution in [0.1, 0.15) is 19.3 Å². The summed E-state index contributed by atoms with van der Waals surface area (Å²) in [6, 6.07) is 4.23. The molecule has 0 radical (unpaired) electrons. The lowest BCUT2D eigenvalue weighted by atomic mass is 9.96. The number of hydrogen-bond acceptors (Lipinski definition) is 4. The van der Waals surface area contributed by atoms with Crippen LogP contribution in [0.5, 0.6) is 0 Å². The van der Waals surface area contributed by atoms with E-state index >= 15 is 0 Å². The maximum atomic E-state index is 4.44. The fourth-order valence-corrected chi connectivity index (χ4v) is 3.38. The van der Waals surface area contributed by atoms with Crippen molar-refractivity contribution in [3.05, 3.63) is 23.7 Å². The minimum absolute atomic E-state index is 0.827. The summed E-state index contributed by atoms with van der Waals surface area (Å²) in [7, 11) is 0. The molecule has 0 aliphatic carbocycles. The van der Waals surface area contributed by atoms with Crippen molar-refractivity contribution in [3.8, 4) is 0 Å². The van der Waals surface area contributed by atoms with Crippen LogP contribution < -0.4 is 10.6 Å². The van der Waals surface area contributed by atoms with Gasteiger partial charge in [-0.15, -0.1) is 11.3 Å². The van der Waals surface area contributed by atoms with Gasteiger partial charge < -0.3 is 10.6 Å². The molecule has 96 valence electrons. The monoisotopic (exact) mass is 261 g/mol. The van der Waals surface area contributed by atoms with E-state index in [1.807, 2.05) is 6.20 Å². The number of pyridine rings is 1. The third-order valence-corrected chi connectivity index (χ3v) is 4.51. The van der Waals surface area contributed by atoms with Crippen molar-refractivity contribution in [2.24, 2.45) is 5.92 Å². The van der Waals surface area contributed by atoms with Crippen molar-refractivity contribution in [2.75, 3.05) is 25.0 Å². The highest BCUT2D eigenvalue weighted by atomic mass is 32.1. The molecule has 1 aliphatic heterocycles. The van der Waals surface area contributed by atoms with Gasteiger partial charge in [-0.2, -0.15) is 0 Å². The summed E-state index contributed by atoms with van der Waals surface area (Å²) in [5.74, 6) is 1.87. The molecule has 0 saturated carbocycles. The van der Waals surface area contributed by atoms with Gasteiger partial charge in [-0.3, -0.25) is 0 Å². The molecule has 0 aromatic carbocycles. The highest BCUT2D eigenvalue weighted by Gasteiger charge is 2.12. The Balaban J connectivity index is 1.57. The highest BCUT2D eigenvalue weighted by molar-refractivity contribution is 7.17. The Kier molecular flexibility index (Phi) is 3.76. The zero-order chi connectivity index (χ0) is 12.2. The first-order chi connectivity index (χ1) is 8.93. The van der Waals surface area contributed by atoms with Gasteiger partial charge in [-0.25, -0.2) is 4.98 Å². The Morgan fingerprint density at radius 1 is 1.44 bits per heavy atom. The molecule has 1 unspecified atom stereocenters. The fraction of sp³-hybridized carbons (Fsp3) is 0.500. The van der Waals surface area contributed by atoms with Crippen LogP contribution in [-0.4, -0.2) is 24.6 Å². The van der Waals surface area contributed by atoms with Gasteiger partial charge in [0, 0.05) is 22.8 Å². The first-order valence-corrected chi connectivity index (χ1v) is 7.58. The summed E-state index contributed by atoms with van der Waals surface area (Å²) in [6.07, 6.45) is 5.81. The molecule has 4 heteroatoms. The minimum Gasteiger partial charge on any atom is -0.370 e. The molecule has 1 atom stereocenters. The van der Waals surface area contributed by atoms with Gasteiger partial charge >= 0.3 is 0 Å². The predicted molar refractivity (Wildman–Crippen MR) is 78.3 cm³/mol. The molecular weight excluding hydrogens is 242 g/mol. The van der Waals surface area contributed by atoms with Crippen LogP contribution in [0, 0.1) is 5.92 Å². The molecule has 1 aliphatic rings. The third-order valence-electron chi connectivity index (χ3n) is 3.62. The van der Waals surface area contributed by atoms with Gasteiger partial charge in [0.2, 0.25) is 0 Å². The number of hydrogen-bond donors (Lipinski definition) is 2. The number of anilines is 1. The number of fused-ring (bicyclic) bond motifs is 1. The summed E-state index contributed by atoms with van der Waals surface area (Å²) in [5.41, 5.74) is 0. The van der Waals surface area contributed by atoms with Crippen LogP contribution in [0.2, 0.25) is 0 Å². The van der Waals surface area contributed by atoms with E-state index in [0.29, 0.717) is 0 Å². The first-order valence-electron chi connectivity index (χ1n) is 6.70. The van der Waals surface area contributed by atoms with Crippen LogP contribution in [0.25, 0.3) is 10.1 Å². The second-order valence-corrected chi connectivity index (χ2v) is 5.87. The molecular formula is C14H19N3S. The third kappa shape index (κ3) is 2.65. The van der Waals surface area contributed by atoms with E-state index < -0.39 is 0 Å². The SMILES string of the molecule is c1cc2sccc2c(NCCC2CCCNC2)n1. The fourth-order valence-electron chi connectivity index (χ4n) is 2.60. The molecule has 0 spiro atoms. The first kappa shape index (κ1) is 11.9. The Bertz CT molecular complexity index is 502. The van der Waals surface area contributed by atoms with Crippen molar-refractivity contribution < 1.29 is 0 Å². The van der Waals surface area contributed by atoms with E-state index in [-0.39, 0.29) is 0 Å². The lowest BCUT2D eigenvalue weighted by Gasteiger charge is -2.22. The van der Waals surface area contributed by atoms with E-state index in [0.717, 1.165) is 18.3 Å². The van der Waals surface area contributed by atoms with Gasteiger partial charge in [0.25, 0.3) is 0 Å². The molecule has 1 saturated heterocycles. The van der Waals surface area contributed by atoms with Crippen LogP contribution >= 0.6 is 11.3 Å². The predicted octanol–water partition coefficient (Wildman–Crippen LogP) is 3.10. The van der Waals surface area contributed by atoms with Gasteiger partial charge in [0.15, 0.2) is 0 Å². The summed E-state index contributed by atoms with van der Waals surface area (Å²) < 4.78 is 1.31. The molecule has 0 amide bonds. The number of thiophene rings is 1. The topological polar surface area (TPSA) is 37.0 Å². The van der Waals surface area contributed by atoms with Crippen molar-refractivity contribution in [1.82, 2.24) is 10.3 Å². The highest BCUT2D eigenvalue weighted by Crippen LogP contribution is 2.25. The minimum atomic E-state index is 0.827. The average Bonchev–Trinajstić information content (AvgIpc) is 2.89. The smallest absolute Gasteiger partial charge is 0.134 e. The van der Waals surface area contributed by atoms with E-state index in [1.54, 1.807) is 11.3 Å². The van der Waals surface area contributed by atoms with E-state index in [4.69, 9.17) is 0 Å². The Morgan fingerprint density at radius 2 is 2.44 bits per heavy atom. The van der Waals surface area contributed by atoms with Crippen molar-refractivity contribution in [1.29, 1.82) is 0 Å². The molecule has 3 nitrogen and oxygen atoms in total. The van der Waals surface area contributed by atoms with Gasteiger partial charge in [-0.1, -0.05) is 0 Å². The maximum Gasteiger partial charge on any atom is 0.134 e. The van der Waals surface area contributed by atoms with Crippen LogP contribution in [0.15, 0.2) is 23.7 Å². The number of aromatic nitrogens is 1. The zero-order valence-corrected chi connectivity index (χ0v) is 11.3. The Labute approximate surface area is 112 Å². The molecule has 18 heavy (non-hydrogen) atoms. The largest absolute Gasteiger partial charge is 0.370 e. The molecule has 2 N–H and O–H groups in total. The summed E-state index contributed by atoms with van der Waals surface area (Å²) in [5, 5.41) is 10.3. The van der Waals surface area contributed by atoms with Crippen LogP contribution in [0.3, 0.4) is 0 Å². The number of piperidine rings is 1. The number of nitrogens with zero attached hydrogens (tertiary/aromatic N) is 1. The normalized spacial score (nSPS) is 20.1. The Morgan fingerprint density at radius 3 is 3.33 bits per heavy atom.